The van der Waals surface area contributed by atoms with Crippen LogP contribution in [0.3, 0.4) is 0 Å². The summed E-state index contributed by atoms with van der Waals surface area (Å²) in [5, 5.41) is 0. The van der Waals surface area contributed by atoms with Crippen LogP contribution in [0.5, 0.6) is 0 Å². The van der Waals surface area contributed by atoms with Gasteiger partial charge < -0.3 is 0 Å². The van der Waals surface area contributed by atoms with Crippen LogP contribution in [0.1, 0.15) is 51.9 Å². The summed E-state index contributed by atoms with van der Waals surface area (Å²) in [5.74, 6) is -0.403. The fourth-order valence-electron chi connectivity index (χ4n) is 3.20. The molecule has 0 aromatic carbocycles. The Kier molecular flexibility index (Phi) is 2.81. The highest BCUT2D eigenvalue weighted by atomic mass is 19.3. The molecule has 0 aromatic rings. The van der Waals surface area contributed by atoms with E-state index in [1.807, 2.05) is 0 Å². The Hall–Kier alpha value is -0.140. The van der Waals surface area contributed by atoms with Gasteiger partial charge in [0, 0.05) is 12.8 Å². The Labute approximate surface area is 85.1 Å². The fourth-order valence-corrected chi connectivity index (χ4v) is 3.20. The summed E-state index contributed by atoms with van der Waals surface area (Å²) < 4.78 is 25.2. The zero-order chi connectivity index (χ0) is 10.2. The molecule has 1 unspecified atom stereocenters. The summed E-state index contributed by atoms with van der Waals surface area (Å²) in [6.45, 7) is 2.29. The van der Waals surface area contributed by atoms with Gasteiger partial charge in [-0.2, -0.15) is 0 Å². The molecule has 0 nitrogen and oxygen atoms in total. The summed E-state index contributed by atoms with van der Waals surface area (Å²) in [6, 6.07) is 0. The molecule has 2 heteroatoms. The van der Waals surface area contributed by atoms with Crippen LogP contribution in [0.15, 0.2) is 0 Å². The van der Waals surface area contributed by atoms with Crippen molar-refractivity contribution in [2.45, 2.75) is 57.8 Å². The zero-order valence-electron chi connectivity index (χ0n) is 8.94. The molecule has 0 aromatic heterocycles. The molecule has 0 amide bonds. The lowest BCUT2D eigenvalue weighted by Crippen LogP contribution is -2.36. The Morgan fingerprint density at radius 3 is 2.43 bits per heavy atom. The summed E-state index contributed by atoms with van der Waals surface area (Å²) in [7, 11) is 0. The third-order valence-electron chi connectivity index (χ3n) is 3.89. The Bertz CT molecular complexity index is 192. The van der Waals surface area contributed by atoms with Gasteiger partial charge in [-0.3, -0.25) is 0 Å². The van der Waals surface area contributed by atoms with E-state index in [1.54, 1.807) is 0 Å². The van der Waals surface area contributed by atoms with E-state index < -0.39 is 5.92 Å². The third-order valence-corrected chi connectivity index (χ3v) is 3.89. The van der Waals surface area contributed by atoms with E-state index in [0.717, 1.165) is 18.3 Å². The quantitative estimate of drug-likeness (QED) is 0.628. The van der Waals surface area contributed by atoms with Gasteiger partial charge in [0.05, 0.1) is 0 Å². The van der Waals surface area contributed by atoms with Gasteiger partial charge in [0.25, 0.3) is 0 Å². The second kappa shape index (κ2) is 3.79. The molecule has 0 spiro atoms. The normalized spacial score (nSPS) is 37.9. The molecule has 2 rings (SSSR count). The first kappa shape index (κ1) is 10.4. The van der Waals surface area contributed by atoms with E-state index in [1.165, 1.54) is 25.7 Å². The summed E-state index contributed by atoms with van der Waals surface area (Å²) >= 11 is 0. The molecule has 14 heavy (non-hydrogen) atoms. The first-order valence-corrected chi connectivity index (χ1v) is 5.93. The summed E-state index contributed by atoms with van der Waals surface area (Å²) in [6.07, 6.45) is 6.62. The van der Waals surface area contributed by atoms with E-state index in [2.05, 4.69) is 6.92 Å². The van der Waals surface area contributed by atoms with Gasteiger partial charge in [0.15, 0.2) is 0 Å². The maximum absolute atomic E-state index is 12.6. The average Bonchev–Trinajstić information content (AvgIpc) is 2.00. The van der Waals surface area contributed by atoms with Crippen molar-refractivity contribution in [2.75, 3.05) is 0 Å². The third kappa shape index (κ3) is 2.46. The highest BCUT2D eigenvalue weighted by Gasteiger charge is 2.45. The molecule has 0 aliphatic heterocycles. The van der Waals surface area contributed by atoms with Crippen LogP contribution in [-0.4, -0.2) is 5.92 Å². The van der Waals surface area contributed by atoms with E-state index in [9.17, 15) is 8.78 Å². The zero-order valence-corrected chi connectivity index (χ0v) is 8.94. The van der Waals surface area contributed by atoms with Crippen LogP contribution in [0, 0.1) is 17.8 Å². The second-order valence-corrected chi connectivity index (χ2v) is 5.50. The van der Waals surface area contributed by atoms with E-state index in [0.29, 0.717) is 5.92 Å². The van der Waals surface area contributed by atoms with Gasteiger partial charge >= 0.3 is 0 Å². The molecule has 0 heterocycles. The van der Waals surface area contributed by atoms with Crippen LogP contribution in [0.4, 0.5) is 8.78 Å². The van der Waals surface area contributed by atoms with Gasteiger partial charge in [-0.25, -0.2) is 8.78 Å². The molecule has 2 saturated carbocycles. The van der Waals surface area contributed by atoms with Crippen molar-refractivity contribution >= 4 is 0 Å². The van der Waals surface area contributed by atoms with Crippen molar-refractivity contribution in [3.05, 3.63) is 0 Å². The van der Waals surface area contributed by atoms with Crippen molar-refractivity contribution in [2.24, 2.45) is 17.8 Å². The van der Waals surface area contributed by atoms with Crippen molar-refractivity contribution in [1.82, 2.24) is 0 Å². The number of hydrogen-bond donors (Lipinski definition) is 0. The van der Waals surface area contributed by atoms with Gasteiger partial charge in [-0.05, 0) is 30.6 Å². The maximum atomic E-state index is 12.6. The van der Waals surface area contributed by atoms with E-state index >= 15 is 0 Å². The van der Waals surface area contributed by atoms with Gasteiger partial charge in [-0.15, -0.1) is 0 Å². The maximum Gasteiger partial charge on any atom is 0.248 e. The minimum absolute atomic E-state index is 0.165. The van der Waals surface area contributed by atoms with Crippen LogP contribution in [0.2, 0.25) is 0 Å². The highest BCUT2D eigenvalue weighted by Crippen LogP contribution is 2.47. The Morgan fingerprint density at radius 2 is 1.86 bits per heavy atom. The number of rotatable bonds is 2. The molecule has 0 N–H and O–H groups in total. The lowest BCUT2D eigenvalue weighted by molar-refractivity contribution is -0.116. The predicted molar refractivity (Wildman–Crippen MR) is 53.4 cm³/mol. The predicted octanol–water partition coefficient (Wildman–Crippen LogP) is 4.25. The van der Waals surface area contributed by atoms with Crippen molar-refractivity contribution in [3.63, 3.8) is 0 Å². The first-order chi connectivity index (χ1) is 6.55. The van der Waals surface area contributed by atoms with Gasteiger partial charge in [-0.1, -0.05) is 26.2 Å². The molecule has 0 saturated heterocycles. The first-order valence-electron chi connectivity index (χ1n) is 5.93. The summed E-state index contributed by atoms with van der Waals surface area (Å²) in [5.41, 5.74) is 0. The molecule has 2 aliphatic rings. The van der Waals surface area contributed by atoms with E-state index in [4.69, 9.17) is 0 Å². The number of halogens is 2. The van der Waals surface area contributed by atoms with Crippen molar-refractivity contribution in [3.8, 4) is 0 Å². The molecule has 2 atom stereocenters. The minimum atomic E-state index is -2.31. The molecular weight excluding hydrogens is 182 g/mol. The van der Waals surface area contributed by atoms with Gasteiger partial charge in [0.1, 0.15) is 0 Å². The van der Waals surface area contributed by atoms with Crippen LogP contribution in [0.25, 0.3) is 0 Å². The molecule has 0 bridgehead atoms. The van der Waals surface area contributed by atoms with Crippen LogP contribution >= 0.6 is 0 Å². The number of hydrogen-bond acceptors (Lipinski definition) is 0. The van der Waals surface area contributed by atoms with Crippen molar-refractivity contribution in [1.29, 1.82) is 0 Å². The molecule has 2 fully saturated rings. The second-order valence-electron chi connectivity index (χ2n) is 5.50. The monoisotopic (exact) mass is 202 g/mol. The smallest absolute Gasteiger partial charge is 0.207 e. The van der Waals surface area contributed by atoms with Crippen LogP contribution < -0.4 is 0 Å². The molecule has 82 valence electrons. The minimum Gasteiger partial charge on any atom is -0.207 e. The van der Waals surface area contributed by atoms with Crippen LogP contribution in [-0.2, 0) is 0 Å². The topological polar surface area (TPSA) is 0 Å². The summed E-state index contributed by atoms with van der Waals surface area (Å²) in [4.78, 5) is 0. The average molecular weight is 202 g/mol. The van der Waals surface area contributed by atoms with E-state index in [-0.39, 0.29) is 12.8 Å². The Balaban J connectivity index is 1.71. The van der Waals surface area contributed by atoms with Crippen molar-refractivity contribution < 1.29 is 8.78 Å². The SMILES string of the molecule is C[C@@H]1CCCC(CC2CC(F)(F)C2)C1. The van der Waals surface area contributed by atoms with Gasteiger partial charge in [0.2, 0.25) is 5.92 Å². The molecule has 0 radical (unpaired) electrons. The molecule has 2 aliphatic carbocycles. The molecular formula is C12H20F2. The standard InChI is InChI=1S/C12H20F2/c1-9-3-2-4-10(5-9)6-11-7-12(13,14)8-11/h9-11H,2-8H2,1H3/t9-,10?/m1/s1. The lowest BCUT2D eigenvalue weighted by Gasteiger charge is -2.38. The Morgan fingerprint density at radius 1 is 1.14 bits per heavy atom. The fraction of sp³-hybridized carbons (Fsp3) is 1.00. The highest BCUT2D eigenvalue weighted by molar-refractivity contribution is 4.88. The lowest BCUT2D eigenvalue weighted by atomic mass is 9.71. The largest absolute Gasteiger partial charge is 0.248 e. The number of alkyl halides is 2.